The van der Waals surface area contributed by atoms with Crippen molar-refractivity contribution in [1.82, 2.24) is 14.8 Å². The van der Waals surface area contributed by atoms with E-state index in [9.17, 15) is 0 Å². The van der Waals surface area contributed by atoms with Gasteiger partial charge in [-0.05, 0) is 0 Å². The van der Waals surface area contributed by atoms with Crippen molar-refractivity contribution in [3.63, 3.8) is 0 Å². The van der Waals surface area contributed by atoms with E-state index in [1.807, 2.05) is 14.0 Å². The molecule has 1 rings (SSSR count). The van der Waals surface area contributed by atoms with Crippen molar-refractivity contribution >= 4 is 0 Å². The SMILES string of the molecule is CCCCCCCCCC.CCc1ncn(C)n1. The highest BCUT2D eigenvalue weighted by Gasteiger charge is 1.90. The molecule has 0 atom stereocenters. The molecule has 0 unspecified atom stereocenters. The van der Waals surface area contributed by atoms with E-state index < -0.39 is 0 Å². The molecule has 0 spiro atoms. The maximum absolute atomic E-state index is 4.03. The van der Waals surface area contributed by atoms with Crippen LogP contribution in [0, 0.1) is 0 Å². The Morgan fingerprint density at radius 2 is 1.39 bits per heavy atom. The van der Waals surface area contributed by atoms with Gasteiger partial charge in [-0.1, -0.05) is 72.1 Å². The van der Waals surface area contributed by atoms with Crippen LogP contribution in [0.1, 0.15) is 78.0 Å². The molecule has 0 aliphatic rings. The van der Waals surface area contributed by atoms with E-state index in [0.29, 0.717) is 0 Å². The molecule has 0 N–H and O–H groups in total. The average Bonchev–Trinajstić information content (AvgIpc) is 2.80. The highest BCUT2D eigenvalue weighted by atomic mass is 15.3. The van der Waals surface area contributed by atoms with Gasteiger partial charge in [-0.25, -0.2) is 4.98 Å². The van der Waals surface area contributed by atoms with Crippen LogP contribution in [0.15, 0.2) is 6.33 Å². The topological polar surface area (TPSA) is 30.7 Å². The van der Waals surface area contributed by atoms with Gasteiger partial charge in [0.1, 0.15) is 12.2 Å². The maximum Gasteiger partial charge on any atom is 0.150 e. The van der Waals surface area contributed by atoms with Crippen LogP contribution in [-0.2, 0) is 13.5 Å². The summed E-state index contributed by atoms with van der Waals surface area (Å²) in [5.41, 5.74) is 0. The molecule has 0 aliphatic heterocycles. The number of rotatable bonds is 8. The summed E-state index contributed by atoms with van der Waals surface area (Å²) in [6.07, 6.45) is 14.1. The van der Waals surface area contributed by atoms with Crippen molar-refractivity contribution in [2.45, 2.75) is 78.6 Å². The Hall–Kier alpha value is -0.860. The number of nitrogens with zero attached hydrogens (tertiary/aromatic N) is 3. The smallest absolute Gasteiger partial charge is 0.150 e. The lowest BCUT2D eigenvalue weighted by Crippen LogP contribution is -1.88. The Balaban J connectivity index is 0.000000327. The fraction of sp³-hybridized carbons (Fsp3) is 0.867. The van der Waals surface area contributed by atoms with E-state index in [1.54, 1.807) is 11.0 Å². The number of hydrogen-bond donors (Lipinski definition) is 0. The van der Waals surface area contributed by atoms with Crippen LogP contribution in [0.4, 0.5) is 0 Å². The van der Waals surface area contributed by atoms with Crippen LogP contribution in [0.25, 0.3) is 0 Å². The van der Waals surface area contributed by atoms with Gasteiger partial charge in [0.15, 0.2) is 0 Å². The summed E-state index contributed by atoms with van der Waals surface area (Å²) in [5, 5.41) is 4.03. The Bertz CT molecular complexity index is 260. The summed E-state index contributed by atoms with van der Waals surface area (Å²) in [5.74, 6) is 0.910. The van der Waals surface area contributed by atoms with Gasteiger partial charge >= 0.3 is 0 Å². The third-order valence-electron chi connectivity index (χ3n) is 2.92. The molecule has 0 saturated carbocycles. The van der Waals surface area contributed by atoms with Crippen molar-refractivity contribution in [1.29, 1.82) is 0 Å². The quantitative estimate of drug-likeness (QED) is 0.637. The third kappa shape index (κ3) is 10.3. The number of unbranched alkanes of at least 4 members (excludes halogenated alkanes) is 7. The van der Waals surface area contributed by atoms with Gasteiger partial charge in [0.25, 0.3) is 0 Å². The highest BCUT2D eigenvalue weighted by Crippen LogP contribution is 2.07. The van der Waals surface area contributed by atoms with Gasteiger partial charge < -0.3 is 0 Å². The van der Waals surface area contributed by atoms with E-state index in [0.717, 1.165) is 12.2 Å². The predicted molar refractivity (Wildman–Crippen MR) is 78.7 cm³/mol. The van der Waals surface area contributed by atoms with Gasteiger partial charge in [0.2, 0.25) is 0 Å². The van der Waals surface area contributed by atoms with E-state index in [1.165, 1.54) is 51.4 Å². The summed E-state index contributed by atoms with van der Waals surface area (Å²) in [6, 6.07) is 0. The Morgan fingerprint density at radius 1 is 0.889 bits per heavy atom. The lowest BCUT2D eigenvalue weighted by atomic mass is 10.1. The highest BCUT2D eigenvalue weighted by molar-refractivity contribution is 4.78. The molecule has 0 bridgehead atoms. The van der Waals surface area contributed by atoms with E-state index >= 15 is 0 Å². The molecule has 1 heterocycles. The zero-order valence-electron chi connectivity index (χ0n) is 12.8. The van der Waals surface area contributed by atoms with Gasteiger partial charge in [-0.3, -0.25) is 4.68 Å². The molecule has 0 aliphatic carbocycles. The molecule has 0 radical (unpaired) electrons. The first-order valence-corrected chi connectivity index (χ1v) is 7.59. The van der Waals surface area contributed by atoms with Crippen LogP contribution >= 0.6 is 0 Å². The van der Waals surface area contributed by atoms with E-state index in [4.69, 9.17) is 0 Å². The Morgan fingerprint density at radius 3 is 1.67 bits per heavy atom. The fourth-order valence-electron chi connectivity index (χ4n) is 1.75. The number of aromatic nitrogens is 3. The summed E-state index contributed by atoms with van der Waals surface area (Å²) >= 11 is 0. The molecule has 3 nitrogen and oxygen atoms in total. The summed E-state index contributed by atoms with van der Waals surface area (Å²) in [7, 11) is 1.87. The van der Waals surface area contributed by atoms with Gasteiger partial charge in [-0.15, -0.1) is 0 Å². The molecular weight excluding hydrogens is 222 g/mol. The molecule has 3 heteroatoms. The standard InChI is InChI=1S/C10H22.C5H9N3/c1-3-5-7-9-10-8-6-4-2;1-3-5-6-4-8(2)7-5/h3-10H2,1-2H3;4H,3H2,1-2H3. The summed E-state index contributed by atoms with van der Waals surface area (Å²) in [6.45, 7) is 6.58. The molecule has 0 saturated heterocycles. The van der Waals surface area contributed by atoms with Crippen molar-refractivity contribution in [2.24, 2.45) is 7.05 Å². The Kier molecular flexibility index (Phi) is 12.0. The lowest BCUT2D eigenvalue weighted by Gasteiger charge is -1.97. The van der Waals surface area contributed by atoms with Crippen molar-refractivity contribution < 1.29 is 0 Å². The van der Waals surface area contributed by atoms with Gasteiger partial charge in [0, 0.05) is 13.5 Å². The maximum atomic E-state index is 4.03. The van der Waals surface area contributed by atoms with Crippen LogP contribution in [-0.4, -0.2) is 14.8 Å². The van der Waals surface area contributed by atoms with Crippen molar-refractivity contribution in [2.75, 3.05) is 0 Å². The van der Waals surface area contributed by atoms with Gasteiger partial charge in [-0.2, -0.15) is 5.10 Å². The Labute approximate surface area is 113 Å². The molecular formula is C15H31N3. The van der Waals surface area contributed by atoms with E-state index in [-0.39, 0.29) is 0 Å². The lowest BCUT2D eigenvalue weighted by molar-refractivity contribution is 0.585. The summed E-state index contributed by atoms with van der Waals surface area (Å²) in [4.78, 5) is 3.99. The monoisotopic (exact) mass is 253 g/mol. The molecule has 106 valence electrons. The molecule has 0 fully saturated rings. The van der Waals surface area contributed by atoms with Crippen molar-refractivity contribution in [3.05, 3.63) is 12.2 Å². The zero-order valence-corrected chi connectivity index (χ0v) is 12.8. The normalized spacial score (nSPS) is 10.0. The first-order valence-electron chi connectivity index (χ1n) is 7.59. The first-order chi connectivity index (χ1) is 8.74. The minimum atomic E-state index is 0.910. The molecule has 0 amide bonds. The molecule has 18 heavy (non-hydrogen) atoms. The van der Waals surface area contributed by atoms with Crippen LogP contribution in [0.5, 0.6) is 0 Å². The average molecular weight is 253 g/mol. The minimum absolute atomic E-state index is 0.910. The van der Waals surface area contributed by atoms with E-state index in [2.05, 4.69) is 23.9 Å². The van der Waals surface area contributed by atoms with Crippen LogP contribution < -0.4 is 0 Å². The second-order valence-electron chi connectivity index (χ2n) is 4.81. The molecule has 1 aromatic heterocycles. The first kappa shape index (κ1) is 17.1. The predicted octanol–water partition coefficient (Wildman–Crippen LogP) is 4.52. The number of hydrogen-bond acceptors (Lipinski definition) is 2. The van der Waals surface area contributed by atoms with Crippen LogP contribution in [0.3, 0.4) is 0 Å². The second-order valence-corrected chi connectivity index (χ2v) is 4.81. The third-order valence-corrected chi connectivity index (χ3v) is 2.92. The van der Waals surface area contributed by atoms with Gasteiger partial charge in [0.05, 0.1) is 0 Å². The zero-order chi connectivity index (χ0) is 13.6. The molecule has 0 aromatic carbocycles. The van der Waals surface area contributed by atoms with Crippen molar-refractivity contribution in [3.8, 4) is 0 Å². The molecule has 1 aromatic rings. The minimum Gasteiger partial charge on any atom is -0.256 e. The summed E-state index contributed by atoms with van der Waals surface area (Å²) < 4.78 is 1.71. The fourth-order valence-corrected chi connectivity index (χ4v) is 1.75. The van der Waals surface area contributed by atoms with Crippen LogP contribution in [0.2, 0.25) is 0 Å². The largest absolute Gasteiger partial charge is 0.256 e. The second kappa shape index (κ2) is 12.6. The number of aryl methyl sites for hydroxylation is 2.